The summed E-state index contributed by atoms with van der Waals surface area (Å²) in [7, 11) is 1.68. The van der Waals surface area contributed by atoms with E-state index >= 15 is 0 Å². The number of ether oxygens (including phenoxy) is 2. The Kier molecular flexibility index (Phi) is 6.84. The quantitative estimate of drug-likeness (QED) is 0.359. The molecule has 0 saturated carbocycles. The lowest BCUT2D eigenvalue weighted by molar-refractivity contribution is 0.146. The van der Waals surface area contributed by atoms with Crippen molar-refractivity contribution < 1.29 is 9.47 Å². The largest absolute Gasteiger partial charge is 0.491 e. The van der Waals surface area contributed by atoms with Gasteiger partial charge in [-0.15, -0.1) is 0 Å². The lowest BCUT2D eigenvalue weighted by Gasteiger charge is -2.17. The molecular formula is C25H26O2. The molecule has 3 rings (SSSR count). The minimum atomic E-state index is 0.557. The Morgan fingerprint density at radius 3 is 1.78 bits per heavy atom. The highest BCUT2D eigenvalue weighted by Crippen LogP contribution is 2.34. The molecule has 3 aromatic rings. The first-order valence-corrected chi connectivity index (χ1v) is 9.39. The molecule has 0 radical (unpaired) electrons. The maximum Gasteiger partial charge on any atom is 0.119 e. The molecule has 2 heteroatoms. The van der Waals surface area contributed by atoms with Crippen molar-refractivity contribution in [3.05, 3.63) is 102 Å². The van der Waals surface area contributed by atoms with Gasteiger partial charge in [0.05, 0.1) is 6.61 Å². The topological polar surface area (TPSA) is 18.5 Å². The van der Waals surface area contributed by atoms with Crippen LogP contribution in [-0.2, 0) is 4.74 Å². The fourth-order valence-corrected chi connectivity index (χ4v) is 3.25. The Hall–Kier alpha value is -2.84. The Morgan fingerprint density at radius 1 is 0.667 bits per heavy atom. The van der Waals surface area contributed by atoms with Gasteiger partial charge in [-0.25, -0.2) is 0 Å². The van der Waals surface area contributed by atoms with Crippen LogP contribution in [0, 0.1) is 0 Å². The predicted molar refractivity (Wildman–Crippen MR) is 113 cm³/mol. The molecule has 138 valence electrons. The molecule has 0 spiro atoms. The maximum absolute atomic E-state index is 5.72. The molecule has 0 fully saturated rings. The third kappa shape index (κ3) is 4.87. The average molecular weight is 358 g/mol. The number of methoxy groups -OCH3 is 1. The van der Waals surface area contributed by atoms with Gasteiger partial charge in [-0.1, -0.05) is 79.7 Å². The Balaban J connectivity index is 2.04. The Morgan fingerprint density at radius 2 is 1.22 bits per heavy atom. The smallest absolute Gasteiger partial charge is 0.119 e. The second-order valence-electron chi connectivity index (χ2n) is 6.30. The molecule has 0 bridgehead atoms. The molecule has 0 aliphatic carbocycles. The van der Waals surface area contributed by atoms with Gasteiger partial charge in [0.2, 0.25) is 0 Å². The van der Waals surface area contributed by atoms with Crippen LogP contribution in [0.2, 0.25) is 0 Å². The van der Waals surface area contributed by atoms with E-state index < -0.39 is 0 Å². The van der Waals surface area contributed by atoms with E-state index in [0.29, 0.717) is 13.2 Å². The first-order chi connectivity index (χ1) is 13.3. The summed E-state index contributed by atoms with van der Waals surface area (Å²) in [5.41, 5.74) is 6.30. The lowest BCUT2D eigenvalue weighted by atomic mass is 9.88. The van der Waals surface area contributed by atoms with Crippen molar-refractivity contribution in [3.63, 3.8) is 0 Å². The van der Waals surface area contributed by atoms with Crippen LogP contribution in [0.15, 0.2) is 84.9 Å². The van der Waals surface area contributed by atoms with Gasteiger partial charge in [0.1, 0.15) is 12.4 Å². The highest BCUT2D eigenvalue weighted by Gasteiger charge is 2.12. The highest BCUT2D eigenvalue weighted by molar-refractivity contribution is 5.98. The fourth-order valence-electron chi connectivity index (χ4n) is 3.25. The minimum Gasteiger partial charge on any atom is -0.491 e. The van der Waals surface area contributed by atoms with E-state index in [4.69, 9.17) is 9.47 Å². The van der Waals surface area contributed by atoms with Crippen LogP contribution in [0.3, 0.4) is 0 Å². The fraction of sp³-hybridized carbons (Fsp3) is 0.200. The van der Waals surface area contributed by atoms with Crippen molar-refractivity contribution in [1.29, 1.82) is 0 Å². The SMILES string of the molecule is CCC(=C(c1ccccc1)c1ccc(OCCOC)cc1)c1ccccc1. The van der Waals surface area contributed by atoms with Gasteiger partial charge in [0.25, 0.3) is 0 Å². The molecule has 27 heavy (non-hydrogen) atoms. The second kappa shape index (κ2) is 9.75. The van der Waals surface area contributed by atoms with Crippen LogP contribution in [0.5, 0.6) is 5.75 Å². The summed E-state index contributed by atoms with van der Waals surface area (Å²) in [5, 5.41) is 0. The first-order valence-electron chi connectivity index (χ1n) is 9.39. The van der Waals surface area contributed by atoms with Crippen molar-refractivity contribution >= 4 is 11.1 Å². The molecule has 0 atom stereocenters. The monoisotopic (exact) mass is 358 g/mol. The summed E-state index contributed by atoms with van der Waals surface area (Å²) >= 11 is 0. The van der Waals surface area contributed by atoms with E-state index in [1.54, 1.807) is 7.11 Å². The van der Waals surface area contributed by atoms with E-state index in [1.165, 1.54) is 27.8 Å². The van der Waals surface area contributed by atoms with Crippen molar-refractivity contribution in [2.75, 3.05) is 20.3 Å². The van der Waals surface area contributed by atoms with Gasteiger partial charge in [-0.2, -0.15) is 0 Å². The van der Waals surface area contributed by atoms with Crippen LogP contribution in [0.4, 0.5) is 0 Å². The van der Waals surface area contributed by atoms with Gasteiger partial charge >= 0.3 is 0 Å². The van der Waals surface area contributed by atoms with Gasteiger partial charge in [0, 0.05) is 7.11 Å². The molecule has 0 N–H and O–H groups in total. The summed E-state index contributed by atoms with van der Waals surface area (Å²) in [6.07, 6.45) is 0.959. The summed E-state index contributed by atoms with van der Waals surface area (Å²) < 4.78 is 10.8. The van der Waals surface area contributed by atoms with Gasteiger partial charge < -0.3 is 9.47 Å². The number of allylic oxidation sites excluding steroid dienone is 1. The zero-order valence-corrected chi connectivity index (χ0v) is 16.0. The van der Waals surface area contributed by atoms with E-state index in [1.807, 2.05) is 12.1 Å². The molecule has 2 nitrogen and oxygen atoms in total. The van der Waals surface area contributed by atoms with Crippen LogP contribution < -0.4 is 4.74 Å². The Labute approximate surface area is 162 Å². The van der Waals surface area contributed by atoms with E-state index in [-0.39, 0.29) is 0 Å². The maximum atomic E-state index is 5.72. The molecule has 0 aliphatic rings. The average Bonchev–Trinajstić information content (AvgIpc) is 2.74. The minimum absolute atomic E-state index is 0.557. The number of benzene rings is 3. The number of hydrogen-bond donors (Lipinski definition) is 0. The molecule has 0 unspecified atom stereocenters. The van der Waals surface area contributed by atoms with E-state index in [9.17, 15) is 0 Å². The summed E-state index contributed by atoms with van der Waals surface area (Å²) in [6.45, 7) is 3.36. The first kappa shape index (κ1) is 18.9. The third-order valence-corrected chi connectivity index (χ3v) is 4.54. The second-order valence-corrected chi connectivity index (χ2v) is 6.30. The summed E-state index contributed by atoms with van der Waals surface area (Å²) in [5.74, 6) is 0.862. The predicted octanol–water partition coefficient (Wildman–Crippen LogP) is 6.08. The molecular weight excluding hydrogens is 332 g/mol. The van der Waals surface area contributed by atoms with E-state index in [2.05, 4.69) is 79.7 Å². The van der Waals surface area contributed by atoms with Gasteiger partial charge in [-0.3, -0.25) is 0 Å². The summed E-state index contributed by atoms with van der Waals surface area (Å²) in [6, 6.07) is 29.6. The Bertz CT molecular complexity index is 850. The molecule has 0 heterocycles. The van der Waals surface area contributed by atoms with E-state index in [0.717, 1.165) is 12.2 Å². The molecule has 0 saturated heterocycles. The van der Waals surface area contributed by atoms with Crippen LogP contribution in [0.25, 0.3) is 11.1 Å². The van der Waals surface area contributed by atoms with Gasteiger partial charge in [-0.05, 0) is 46.4 Å². The molecule has 0 aliphatic heterocycles. The van der Waals surface area contributed by atoms with Crippen LogP contribution >= 0.6 is 0 Å². The third-order valence-electron chi connectivity index (χ3n) is 4.54. The molecule has 0 amide bonds. The number of hydrogen-bond acceptors (Lipinski definition) is 2. The zero-order valence-electron chi connectivity index (χ0n) is 16.0. The van der Waals surface area contributed by atoms with Gasteiger partial charge in [0.15, 0.2) is 0 Å². The standard InChI is InChI=1S/C25H26O2/c1-3-24(20-10-6-4-7-11-20)25(21-12-8-5-9-13-21)22-14-16-23(17-15-22)27-19-18-26-2/h4-17H,3,18-19H2,1-2H3. The number of rotatable bonds is 8. The lowest BCUT2D eigenvalue weighted by Crippen LogP contribution is -2.04. The molecule has 0 aromatic heterocycles. The normalized spacial score (nSPS) is 11.8. The summed E-state index contributed by atoms with van der Waals surface area (Å²) in [4.78, 5) is 0. The highest BCUT2D eigenvalue weighted by atomic mass is 16.5. The van der Waals surface area contributed by atoms with Crippen molar-refractivity contribution in [2.24, 2.45) is 0 Å². The van der Waals surface area contributed by atoms with Crippen LogP contribution in [0.1, 0.15) is 30.0 Å². The van der Waals surface area contributed by atoms with Crippen molar-refractivity contribution in [3.8, 4) is 5.75 Å². The zero-order chi connectivity index (χ0) is 18.9. The van der Waals surface area contributed by atoms with Crippen molar-refractivity contribution in [2.45, 2.75) is 13.3 Å². The molecule has 3 aromatic carbocycles. The van der Waals surface area contributed by atoms with Crippen molar-refractivity contribution in [1.82, 2.24) is 0 Å². The van der Waals surface area contributed by atoms with Crippen LogP contribution in [-0.4, -0.2) is 20.3 Å².